The van der Waals surface area contributed by atoms with E-state index in [4.69, 9.17) is 0 Å². The molecule has 2 heterocycles. The molecule has 2 fully saturated rings. The highest BCUT2D eigenvalue weighted by Crippen LogP contribution is 2.09. The lowest BCUT2D eigenvalue weighted by atomic mass is 10.1. The number of nitrogens with zero attached hydrogens (tertiary/aromatic N) is 2. The molecule has 2 saturated heterocycles. The fraction of sp³-hybridized carbons (Fsp3) is 0.750. The molecule has 0 atom stereocenters. The molecule has 5 heteroatoms. The van der Waals surface area contributed by atoms with E-state index in [1.807, 2.05) is 7.05 Å². The van der Waals surface area contributed by atoms with E-state index in [2.05, 4.69) is 0 Å². The van der Waals surface area contributed by atoms with E-state index in [1.165, 1.54) is 11.3 Å². The summed E-state index contributed by atoms with van der Waals surface area (Å²) in [6.45, 7) is 3.29. The molecule has 0 radical (unpaired) electrons. The summed E-state index contributed by atoms with van der Waals surface area (Å²) in [5.74, 6) is 0.251. The van der Waals surface area contributed by atoms with E-state index in [0.717, 1.165) is 19.4 Å². The van der Waals surface area contributed by atoms with Crippen LogP contribution >= 0.6 is 0 Å². The molecule has 0 aromatic rings. The van der Waals surface area contributed by atoms with Crippen molar-refractivity contribution in [1.29, 1.82) is 0 Å². The fourth-order valence-electron chi connectivity index (χ4n) is 1.92. The zero-order chi connectivity index (χ0) is 12.8. The van der Waals surface area contributed by atoms with Gasteiger partial charge in [-0.3, -0.25) is 19.3 Å². The second-order valence-corrected chi connectivity index (χ2v) is 4.30. The topological polar surface area (TPSA) is 57.7 Å². The van der Waals surface area contributed by atoms with Crippen LogP contribution in [-0.4, -0.2) is 47.7 Å². The van der Waals surface area contributed by atoms with Gasteiger partial charge in [0.1, 0.15) is 0 Å². The van der Waals surface area contributed by atoms with E-state index in [1.54, 1.807) is 11.8 Å². The monoisotopic (exact) mass is 240 g/mol. The van der Waals surface area contributed by atoms with Crippen molar-refractivity contribution in [2.45, 2.75) is 39.0 Å². The van der Waals surface area contributed by atoms with Gasteiger partial charge in [-0.15, -0.1) is 0 Å². The second kappa shape index (κ2) is 6.37. The molecule has 0 N–H and O–H groups in total. The van der Waals surface area contributed by atoms with E-state index < -0.39 is 0 Å². The summed E-state index contributed by atoms with van der Waals surface area (Å²) in [7, 11) is 1.86. The Morgan fingerprint density at radius 1 is 0.941 bits per heavy atom. The standard InChI is InChI=1S/C6H9NO2.C6H11NO/c1-2-7-5(8)3-4-6(7)9;1-7-5-3-2-4-6(7)8/h2-4H2,1H3;2-5H2,1H3. The molecular formula is C12H20N2O3. The summed E-state index contributed by atoms with van der Waals surface area (Å²) in [4.78, 5) is 35.2. The summed E-state index contributed by atoms with van der Waals surface area (Å²) >= 11 is 0. The van der Waals surface area contributed by atoms with Crippen molar-refractivity contribution >= 4 is 17.7 Å². The molecule has 96 valence electrons. The number of amides is 3. The Labute approximate surface area is 102 Å². The first kappa shape index (κ1) is 13.7. The van der Waals surface area contributed by atoms with Crippen LogP contribution in [0.25, 0.3) is 0 Å². The average molecular weight is 240 g/mol. The summed E-state index contributed by atoms with van der Waals surface area (Å²) in [5.41, 5.74) is 0. The Bertz CT molecular complexity index is 299. The van der Waals surface area contributed by atoms with Gasteiger partial charge in [-0.1, -0.05) is 0 Å². The van der Waals surface area contributed by atoms with Crippen molar-refractivity contribution in [1.82, 2.24) is 9.80 Å². The van der Waals surface area contributed by atoms with Gasteiger partial charge in [0, 0.05) is 39.4 Å². The minimum atomic E-state index is -0.0255. The summed E-state index contributed by atoms with van der Waals surface area (Å²) in [5, 5.41) is 0. The van der Waals surface area contributed by atoms with Crippen molar-refractivity contribution in [3.63, 3.8) is 0 Å². The summed E-state index contributed by atoms with van der Waals surface area (Å²) in [6.07, 6.45) is 3.85. The fourth-order valence-corrected chi connectivity index (χ4v) is 1.92. The van der Waals surface area contributed by atoms with Gasteiger partial charge in [0.05, 0.1) is 0 Å². The molecular weight excluding hydrogens is 220 g/mol. The van der Waals surface area contributed by atoms with Gasteiger partial charge >= 0.3 is 0 Å². The minimum absolute atomic E-state index is 0.0255. The minimum Gasteiger partial charge on any atom is -0.346 e. The molecule has 17 heavy (non-hydrogen) atoms. The first-order valence-electron chi connectivity index (χ1n) is 6.13. The van der Waals surface area contributed by atoms with Crippen LogP contribution in [0.15, 0.2) is 0 Å². The highest BCUT2D eigenvalue weighted by Gasteiger charge is 2.26. The Morgan fingerprint density at radius 3 is 1.82 bits per heavy atom. The largest absolute Gasteiger partial charge is 0.346 e. The Hall–Kier alpha value is -1.39. The molecule has 0 aromatic carbocycles. The van der Waals surface area contributed by atoms with E-state index in [-0.39, 0.29) is 11.8 Å². The molecule has 2 aliphatic heterocycles. The highest BCUT2D eigenvalue weighted by molar-refractivity contribution is 6.01. The lowest BCUT2D eigenvalue weighted by Gasteiger charge is -2.21. The number of hydrogen-bond donors (Lipinski definition) is 0. The Kier molecular flexibility index (Phi) is 5.12. The third-order valence-electron chi connectivity index (χ3n) is 3.03. The maximum Gasteiger partial charge on any atom is 0.229 e. The zero-order valence-corrected chi connectivity index (χ0v) is 10.6. The number of imide groups is 1. The number of rotatable bonds is 1. The molecule has 0 spiro atoms. The molecule has 5 nitrogen and oxygen atoms in total. The Balaban J connectivity index is 0.000000171. The highest BCUT2D eigenvalue weighted by atomic mass is 16.2. The quantitative estimate of drug-likeness (QED) is 0.636. The molecule has 3 amide bonds. The predicted octanol–water partition coefficient (Wildman–Crippen LogP) is 0.784. The molecule has 2 aliphatic rings. The van der Waals surface area contributed by atoms with E-state index >= 15 is 0 Å². The number of piperidine rings is 1. The van der Waals surface area contributed by atoms with Crippen molar-refractivity contribution in [3.8, 4) is 0 Å². The number of likely N-dealkylation sites (tertiary alicyclic amines) is 2. The van der Waals surface area contributed by atoms with Crippen LogP contribution in [0.4, 0.5) is 0 Å². The van der Waals surface area contributed by atoms with Crippen LogP contribution < -0.4 is 0 Å². The average Bonchev–Trinajstić information content (AvgIpc) is 2.63. The van der Waals surface area contributed by atoms with Gasteiger partial charge in [0.15, 0.2) is 0 Å². The molecule has 0 aromatic heterocycles. The van der Waals surface area contributed by atoms with Crippen molar-refractivity contribution in [3.05, 3.63) is 0 Å². The van der Waals surface area contributed by atoms with Gasteiger partial charge < -0.3 is 4.90 Å². The second-order valence-electron chi connectivity index (χ2n) is 4.30. The number of hydrogen-bond acceptors (Lipinski definition) is 3. The Morgan fingerprint density at radius 2 is 1.53 bits per heavy atom. The van der Waals surface area contributed by atoms with E-state index in [9.17, 15) is 14.4 Å². The van der Waals surface area contributed by atoms with Crippen LogP contribution in [-0.2, 0) is 14.4 Å². The van der Waals surface area contributed by atoms with Crippen LogP contribution in [0.1, 0.15) is 39.0 Å². The van der Waals surface area contributed by atoms with Crippen molar-refractivity contribution < 1.29 is 14.4 Å². The lowest BCUT2D eigenvalue weighted by Crippen LogP contribution is -2.31. The number of carbonyl (C=O) groups excluding carboxylic acids is 3. The third-order valence-corrected chi connectivity index (χ3v) is 3.03. The lowest BCUT2D eigenvalue weighted by molar-refractivity contribution is -0.138. The van der Waals surface area contributed by atoms with E-state index in [0.29, 0.717) is 25.3 Å². The van der Waals surface area contributed by atoms with Gasteiger partial charge in [-0.05, 0) is 19.8 Å². The molecule has 0 bridgehead atoms. The smallest absolute Gasteiger partial charge is 0.229 e. The SMILES string of the molecule is CCN1C(=O)CCC1=O.CN1CCCCC1=O. The first-order valence-corrected chi connectivity index (χ1v) is 6.13. The maximum atomic E-state index is 10.7. The molecule has 0 unspecified atom stereocenters. The van der Waals surface area contributed by atoms with Crippen LogP contribution in [0.3, 0.4) is 0 Å². The zero-order valence-electron chi connectivity index (χ0n) is 10.6. The molecule has 0 aliphatic carbocycles. The van der Waals surface area contributed by atoms with Crippen LogP contribution in [0.5, 0.6) is 0 Å². The molecule has 0 saturated carbocycles. The number of carbonyl (C=O) groups is 3. The van der Waals surface area contributed by atoms with Gasteiger partial charge in [-0.2, -0.15) is 0 Å². The van der Waals surface area contributed by atoms with Crippen molar-refractivity contribution in [2.24, 2.45) is 0 Å². The van der Waals surface area contributed by atoms with Gasteiger partial charge in [0.25, 0.3) is 0 Å². The first-order chi connectivity index (χ1) is 8.06. The van der Waals surface area contributed by atoms with Crippen molar-refractivity contribution in [2.75, 3.05) is 20.1 Å². The summed E-state index contributed by atoms with van der Waals surface area (Å²) in [6, 6.07) is 0. The van der Waals surface area contributed by atoms with Gasteiger partial charge in [0.2, 0.25) is 17.7 Å². The van der Waals surface area contributed by atoms with Gasteiger partial charge in [-0.25, -0.2) is 0 Å². The molecule has 2 rings (SSSR count). The summed E-state index contributed by atoms with van der Waals surface area (Å²) < 4.78 is 0. The van der Waals surface area contributed by atoms with Crippen LogP contribution in [0, 0.1) is 0 Å². The normalized spacial score (nSPS) is 20.5. The predicted molar refractivity (Wildman–Crippen MR) is 63.1 cm³/mol. The third kappa shape index (κ3) is 3.84. The van der Waals surface area contributed by atoms with Crippen LogP contribution in [0.2, 0.25) is 0 Å². The maximum absolute atomic E-state index is 10.7.